The monoisotopic (exact) mass is 753 g/mol. The highest BCUT2D eigenvalue weighted by atomic mass is 16.6. The van der Waals surface area contributed by atoms with E-state index in [9.17, 15) is 24.3 Å². The molecule has 2 aliphatic carbocycles. The van der Waals surface area contributed by atoms with Gasteiger partial charge in [-0.1, -0.05) is 103 Å². The number of aromatic nitrogens is 1. The van der Waals surface area contributed by atoms with Gasteiger partial charge in [-0.3, -0.25) is 0 Å². The molecule has 56 heavy (non-hydrogen) atoms. The predicted molar refractivity (Wildman–Crippen MR) is 208 cm³/mol. The lowest BCUT2D eigenvalue weighted by Gasteiger charge is -2.15. The average molecular weight is 754 g/mol. The molecule has 0 aliphatic heterocycles. The van der Waals surface area contributed by atoms with E-state index in [0.717, 1.165) is 62.7 Å². The van der Waals surface area contributed by atoms with Crippen molar-refractivity contribution in [3.05, 3.63) is 154 Å². The number of carboxylic acids is 2. The maximum absolute atomic E-state index is 12.4. The first-order chi connectivity index (χ1) is 27.2. The zero-order valence-corrected chi connectivity index (χ0v) is 30.2. The highest BCUT2D eigenvalue weighted by molar-refractivity contribution is 5.86. The summed E-state index contributed by atoms with van der Waals surface area (Å²) in [7, 11) is 0. The van der Waals surface area contributed by atoms with Crippen LogP contribution in [-0.4, -0.2) is 63.1 Å². The number of carbonyl (C=O) groups is 4. The molecule has 12 nitrogen and oxygen atoms in total. The van der Waals surface area contributed by atoms with Crippen molar-refractivity contribution < 1.29 is 44.0 Å². The Morgan fingerprint density at radius 3 is 1.61 bits per heavy atom. The number of aliphatic hydroxyl groups excluding tert-OH is 1. The fourth-order valence-electron chi connectivity index (χ4n) is 7.28. The van der Waals surface area contributed by atoms with Gasteiger partial charge in [0.2, 0.25) is 0 Å². The van der Waals surface area contributed by atoms with Crippen LogP contribution >= 0.6 is 0 Å². The van der Waals surface area contributed by atoms with Gasteiger partial charge in [-0.2, -0.15) is 0 Å². The summed E-state index contributed by atoms with van der Waals surface area (Å²) in [5.41, 5.74) is 13.0. The summed E-state index contributed by atoms with van der Waals surface area (Å²) < 4.78 is 10.5. The number of fused-ring (bicyclic) bond motifs is 7. The maximum atomic E-state index is 12.4. The first-order valence-electron chi connectivity index (χ1n) is 18.1. The number of amides is 2. The Morgan fingerprint density at radius 2 is 1.07 bits per heavy atom. The van der Waals surface area contributed by atoms with Gasteiger partial charge in [0.1, 0.15) is 19.3 Å². The van der Waals surface area contributed by atoms with E-state index in [2.05, 4.69) is 45.9 Å². The van der Waals surface area contributed by atoms with Crippen LogP contribution in [-0.2, 0) is 51.5 Å². The lowest BCUT2D eigenvalue weighted by Crippen LogP contribution is -2.43. The third-order valence-electron chi connectivity index (χ3n) is 10.1. The van der Waals surface area contributed by atoms with Crippen LogP contribution < -0.4 is 10.6 Å². The predicted octanol–water partition coefficient (Wildman–Crippen LogP) is 6.59. The Balaban J connectivity index is 0.000000179. The molecule has 284 valence electrons. The number of nitrogens with one attached hydrogen (secondary N) is 3. The number of para-hydroxylation sites is 1. The van der Waals surface area contributed by atoms with Crippen LogP contribution in [0, 0.1) is 0 Å². The number of benzene rings is 5. The van der Waals surface area contributed by atoms with E-state index in [-0.39, 0.29) is 19.6 Å². The quantitative estimate of drug-likeness (QED) is 0.0847. The molecule has 1 aromatic heterocycles. The van der Waals surface area contributed by atoms with Gasteiger partial charge in [-0.25, -0.2) is 19.2 Å². The Hall–Kier alpha value is -6.92. The molecule has 5 aromatic carbocycles. The maximum Gasteiger partial charge on any atom is 0.408 e. The number of H-pyrrole nitrogens is 1. The molecule has 8 rings (SSSR count). The van der Waals surface area contributed by atoms with E-state index in [0.29, 0.717) is 0 Å². The summed E-state index contributed by atoms with van der Waals surface area (Å²) in [6, 6.07) is 33.4. The number of hydrogen-bond acceptors (Lipinski definition) is 7. The van der Waals surface area contributed by atoms with Crippen molar-refractivity contribution >= 4 is 35.0 Å². The van der Waals surface area contributed by atoms with Crippen LogP contribution in [0.15, 0.2) is 115 Å². The molecule has 12 heteroatoms. The smallest absolute Gasteiger partial charge is 0.408 e. The second-order valence-electron chi connectivity index (χ2n) is 13.5. The molecule has 0 radical (unpaired) electrons. The van der Waals surface area contributed by atoms with E-state index in [4.69, 9.17) is 19.7 Å². The summed E-state index contributed by atoms with van der Waals surface area (Å²) in [4.78, 5) is 49.8. The molecule has 1 heterocycles. The second kappa shape index (κ2) is 16.6. The lowest BCUT2D eigenvalue weighted by atomic mass is 10.0. The molecular weight excluding hydrogens is 714 g/mol. The molecule has 6 N–H and O–H groups in total. The third-order valence-corrected chi connectivity index (χ3v) is 10.1. The van der Waals surface area contributed by atoms with E-state index < -0.39 is 42.8 Å². The molecule has 0 bridgehead atoms. The molecule has 2 amide bonds. The summed E-state index contributed by atoms with van der Waals surface area (Å²) in [5, 5.41) is 32.9. The Bertz CT molecular complexity index is 2440. The van der Waals surface area contributed by atoms with Crippen LogP contribution in [0.5, 0.6) is 0 Å². The second-order valence-corrected chi connectivity index (χ2v) is 13.5. The van der Waals surface area contributed by atoms with Crippen molar-refractivity contribution in [3.63, 3.8) is 0 Å². The Morgan fingerprint density at radius 1 is 0.589 bits per heavy atom. The number of hydrogen-bond donors (Lipinski definition) is 6. The van der Waals surface area contributed by atoms with Gasteiger partial charge in [-0.05, 0) is 80.1 Å². The van der Waals surface area contributed by atoms with Gasteiger partial charge in [0.05, 0.1) is 6.61 Å². The fourth-order valence-corrected chi connectivity index (χ4v) is 7.28. The normalized spacial score (nSPS) is 12.8. The van der Waals surface area contributed by atoms with Crippen LogP contribution in [0.4, 0.5) is 9.59 Å². The Labute approximate surface area is 321 Å². The SMILES string of the molecule is O=C(NC(CO)C(=O)O)OCc1cccc2c1Cc1ccccc1-2.O=C(NC(Cc1c[nH]c2ccccc12)C(=O)O)OCc1cccc2c1Cc1ccccc1-2. The van der Waals surface area contributed by atoms with Gasteiger partial charge in [0.15, 0.2) is 6.04 Å². The average Bonchev–Trinajstić information content (AvgIpc) is 3.92. The minimum absolute atomic E-state index is 0.0424. The highest BCUT2D eigenvalue weighted by Crippen LogP contribution is 2.39. The summed E-state index contributed by atoms with van der Waals surface area (Å²) in [6.07, 6.45) is 1.89. The van der Waals surface area contributed by atoms with Gasteiger partial charge in [-0.15, -0.1) is 0 Å². The van der Waals surface area contributed by atoms with E-state index in [1.54, 1.807) is 6.20 Å². The van der Waals surface area contributed by atoms with Crippen molar-refractivity contribution in [1.29, 1.82) is 0 Å². The number of carboxylic acid groups (broad SMARTS) is 2. The molecule has 0 saturated carbocycles. The van der Waals surface area contributed by atoms with Crippen molar-refractivity contribution in [2.24, 2.45) is 0 Å². The summed E-state index contributed by atoms with van der Waals surface area (Å²) in [6.45, 7) is -0.566. The number of ether oxygens (including phenoxy) is 2. The first-order valence-corrected chi connectivity index (χ1v) is 18.1. The molecule has 2 aliphatic rings. The minimum atomic E-state index is -1.37. The molecule has 6 aromatic rings. The zero-order valence-electron chi connectivity index (χ0n) is 30.2. The largest absolute Gasteiger partial charge is 0.480 e. The minimum Gasteiger partial charge on any atom is -0.480 e. The van der Waals surface area contributed by atoms with Gasteiger partial charge >= 0.3 is 24.1 Å². The standard InChI is InChI=1S/C26H22N2O4.C18H17NO5/c29-25(30)24(13-18-14-27-23-11-4-3-9-20(18)23)28-26(31)32-15-17-7-5-10-21-19-8-2-1-6-16(19)12-22(17)21;20-9-16(17(21)22)19-18(23)24-10-12-5-3-7-14-13-6-2-1-4-11(13)8-15(12)14/h1-11,14,24,27H,12-13,15H2,(H,28,31)(H,29,30);1-7,16,20H,8-10H2,(H,19,23)(H,21,22). The van der Waals surface area contributed by atoms with E-state index in [1.807, 2.05) is 78.9 Å². The van der Waals surface area contributed by atoms with Gasteiger partial charge in [0, 0.05) is 23.5 Å². The van der Waals surface area contributed by atoms with Crippen molar-refractivity contribution in [3.8, 4) is 22.3 Å². The highest BCUT2D eigenvalue weighted by Gasteiger charge is 2.25. The van der Waals surface area contributed by atoms with E-state index >= 15 is 0 Å². The lowest BCUT2D eigenvalue weighted by molar-refractivity contribution is -0.140. The number of aromatic amines is 1. The summed E-state index contributed by atoms with van der Waals surface area (Å²) >= 11 is 0. The first kappa shape index (κ1) is 37.4. The van der Waals surface area contributed by atoms with Gasteiger partial charge in [0.25, 0.3) is 0 Å². The van der Waals surface area contributed by atoms with Crippen molar-refractivity contribution in [2.45, 2.75) is 44.6 Å². The number of carbonyl (C=O) groups excluding carboxylic acids is 2. The van der Waals surface area contributed by atoms with Gasteiger partial charge < -0.3 is 40.4 Å². The topological polar surface area (TPSA) is 187 Å². The molecule has 0 saturated heterocycles. The molecule has 2 atom stereocenters. The van der Waals surface area contributed by atoms with Crippen LogP contribution in [0.2, 0.25) is 0 Å². The molecular formula is C44H39N3O9. The fraction of sp³-hybridized carbons (Fsp3) is 0.182. The molecule has 2 unspecified atom stereocenters. The number of rotatable bonds is 11. The van der Waals surface area contributed by atoms with Crippen molar-refractivity contribution in [2.75, 3.05) is 6.61 Å². The van der Waals surface area contributed by atoms with E-state index in [1.165, 1.54) is 22.3 Å². The summed E-state index contributed by atoms with van der Waals surface area (Å²) in [5.74, 6) is -2.42. The number of aliphatic carboxylic acids is 2. The Kier molecular flexibility index (Phi) is 11.1. The van der Waals surface area contributed by atoms with Crippen molar-refractivity contribution in [1.82, 2.24) is 15.6 Å². The van der Waals surface area contributed by atoms with Crippen LogP contribution in [0.1, 0.15) is 38.9 Å². The van der Waals surface area contributed by atoms with Crippen LogP contribution in [0.3, 0.4) is 0 Å². The number of alkyl carbamates (subject to hydrolysis) is 2. The molecule has 0 fully saturated rings. The number of aliphatic hydroxyl groups is 1. The zero-order chi connectivity index (χ0) is 39.2. The van der Waals surface area contributed by atoms with Crippen LogP contribution in [0.25, 0.3) is 33.2 Å². The molecule has 0 spiro atoms. The third kappa shape index (κ3) is 8.10.